The van der Waals surface area contributed by atoms with E-state index in [2.05, 4.69) is 24.4 Å². The normalized spacial score (nSPS) is 20.3. The smallest absolute Gasteiger partial charge is 0.223 e. The number of ether oxygens (including phenoxy) is 1. The summed E-state index contributed by atoms with van der Waals surface area (Å²) in [5.41, 5.74) is 2.43. The van der Waals surface area contributed by atoms with Gasteiger partial charge in [0.15, 0.2) is 0 Å². The molecule has 4 nitrogen and oxygen atoms in total. The molecule has 1 aliphatic heterocycles. The van der Waals surface area contributed by atoms with Gasteiger partial charge >= 0.3 is 0 Å². The first-order valence-electron chi connectivity index (χ1n) is 6.79. The summed E-state index contributed by atoms with van der Waals surface area (Å²) in [6.07, 6.45) is 1.56. The van der Waals surface area contributed by atoms with Gasteiger partial charge in [0.2, 0.25) is 5.91 Å². The van der Waals surface area contributed by atoms with Crippen LogP contribution >= 0.6 is 0 Å². The lowest BCUT2D eigenvalue weighted by Crippen LogP contribution is -2.31. The molecule has 1 heterocycles. The summed E-state index contributed by atoms with van der Waals surface area (Å²) < 4.78 is 5.46. The summed E-state index contributed by atoms with van der Waals surface area (Å²) in [6.45, 7) is 3.54. The first-order chi connectivity index (χ1) is 9.15. The van der Waals surface area contributed by atoms with E-state index >= 15 is 0 Å². The van der Waals surface area contributed by atoms with Crippen molar-refractivity contribution < 1.29 is 9.53 Å². The lowest BCUT2D eigenvalue weighted by molar-refractivity contribution is -0.129. The van der Waals surface area contributed by atoms with Crippen molar-refractivity contribution in [2.75, 3.05) is 27.2 Å². The quantitative estimate of drug-likeness (QED) is 0.902. The second kappa shape index (κ2) is 6.06. The molecule has 0 spiro atoms. The standard InChI is InChI=1S/C15H22N2O2/c1-4-11-5-6-14(19-3)12(9-11)13-10-17(2)15(18)7-8-16-13/h5-6,9,13,16H,4,7-8,10H2,1-3H3. The number of likely N-dealkylation sites (N-methyl/N-ethyl adjacent to an activating group) is 1. The Bertz CT molecular complexity index is 459. The molecule has 1 saturated heterocycles. The molecule has 0 saturated carbocycles. The fraction of sp³-hybridized carbons (Fsp3) is 0.533. The number of carbonyl (C=O) groups is 1. The second-order valence-corrected chi connectivity index (χ2v) is 4.96. The summed E-state index contributed by atoms with van der Waals surface area (Å²) in [4.78, 5) is 13.5. The topological polar surface area (TPSA) is 41.6 Å². The van der Waals surface area contributed by atoms with Crippen LogP contribution < -0.4 is 10.1 Å². The van der Waals surface area contributed by atoms with Gasteiger partial charge in [-0.1, -0.05) is 19.1 Å². The Balaban J connectivity index is 2.30. The van der Waals surface area contributed by atoms with Crippen molar-refractivity contribution in [1.82, 2.24) is 10.2 Å². The first kappa shape index (κ1) is 13.9. The average Bonchev–Trinajstić information content (AvgIpc) is 2.60. The van der Waals surface area contributed by atoms with Crippen LogP contribution in [0.15, 0.2) is 18.2 Å². The van der Waals surface area contributed by atoms with Crippen molar-refractivity contribution in [2.45, 2.75) is 25.8 Å². The number of hydrogen-bond donors (Lipinski definition) is 1. The molecule has 104 valence electrons. The molecule has 1 amide bonds. The molecule has 0 aromatic heterocycles. The average molecular weight is 262 g/mol. The molecule has 1 aromatic rings. The van der Waals surface area contributed by atoms with E-state index in [1.54, 1.807) is 12.0 Å². The zero-order valence-electron chi connectivity index (χ0n) is 11.9. The van der Waals surface area contributed by atoms with Gasteiger partial charge in [-0.25, -0.2) is 0 Å². The number of aryl methyl sites for hydroxylation is 1. The monoisotopic (exact) mass is 262 g/mol. The molecule has 4 heteroatoms. The highest BCUT2D eigenvalue weighted by Gasteiger charge is 2.23. The van der Waals surface area contributed by atoms with Gasteiger partial charge in [-0.2, -0.15) is 0 Å². The second-order valence-electron chi connectivity index (χ2n) is 4.96. The summed E-state index contributed by atoms with van der Waals surface area (Å²) >= 11 is 0. The van der Waals surface area contributed by atoms with Gasteiger partial charge in [-0.05, 0) is 18.1 Å². The molecule has 0 aliphatic carbocycles. The molecule has 1 atom stereocenters. The third-order valence-corrected chi connectivity index (χ3v) is 3.69. The summed E-state index contributed by atoms with van der Waals surface area (Å²) in [7, 11) is 3.55. The summed E-state index contributed by atoms with van der Waals surface area (Å²) in [5.74, 6) is 1.08. The van der Waals surface area contributed by atoms with Gasteiger partial charge in [0.1, 0.15) is 5.75 Å². The third kappa shape index (κ3) is 3.07. The zero-order chi connectivity index (χ0) is 13.8. The SMILES string of the molecule is CCc1ccc(OC)c(C2CN(C)C(=O)CCN2)c1. The van der Waals surface area contributed by atoms with Gasteiger partial charge in [0.05, 0.1) is 13.2 Å². The molecule has 1 aromatic carbocycles. The maximum Gasteiger partial charge on any atom is 0.223 e. The van der Waals surface area contributed by atoms with E-state index < -0.39 is 0 Å². The Morgan fingerprint density at radius 2 is 2.26 bits per heavy atom. The fourth-order valence-corrected chi connectivity index (χ4v) is 2.47. The van der Waals surface area contributed by atoms with E-state index in [0.29, 0.717) is 19.5 Å². The molecule has 2 rings (SSSR count). The first-order valence-corrected chi connectivity index (χ1v) is 6.79. The number of nitrogens with one attached hydrogen (secondary N) is 1. The molecular weight excluding hydrogens is 240 g/mol. The Hall–Kier alpha value is -1.55. The van der Waals surface area contributed by atoms with Gasteiger partial charge in [-0.15, -0.1) is 0 Å². The predicted molar refractivity (Wildman–Crippen MR) is 75.4 cm³/mol. The van der Waals surface area contributed by atoms with Gasteiger partial charge in [0.25, 0.3) is 0 Å². The molecule has 0 radical (unpaired) electrons. The van der Waals surface area contributed by atoms with E-state index in [9.17, 15) is 4.79 Å². The van der Waals surface area contributed by atoms with Crippen molar-refractivity contribution in [3.8, 4) is 5.75 Å². The number of methoxy groups -OCH3 is 1. The molecule has 1 N–H and O–H groups in total. The van der Waals surface area contributed by atoms with Crippen molar-refractivity contribution in [2.24, 2.45) is 0 Å². The molecular formula is C15H22N2O2. The zero-order valence-corrected chi connectivity index (χ0v) is 11.9. The van der Waals surface area contributed by atoms with E-state index in [4.69, 9.17) is 4.74 Å². The van der Waals surface area contributed by atoms with Gasteiger partial charge < -0.3 is 15.0 Å². The van der Waals surface area contributed by atoms with Crippen molar-refractivity contribution >= 4 is 5.91 Å². The summed E-state index contributed by atoms with van der Waals surface area (Å²) in [6, 6.07) is 6.43. The molecule has 1 aliphatic rings. The van der Waals surface area contributed by atoms with E-state index in [-0.39, 0.29) is 11.9 Å². The third-order valence-electron chi connectivity index (χ3n) is 3.69. The summed E-state index contributed by atoms with van der Waals surface area (Å²) in [5, 5.41) is 3.44. The lowest BCUT2D eigenvalue weighted by atomic mass is 10.0. The highest BCUT2D eigenvalue weighted by molar-refractivity contribution is 5.76. The Morgan fingerprint density at radius 3 is 2.95 bits per heavy atom. The Kier molecular flexibility index (Phi) is 4.43. The molecule has 0 bridgehead atoms. The predicted octanol–water partition coefficient (Wildman–Crippen LogP) is 1.75. The number of benzene rings is 1. The molecule has 1 fully saturated rings. The largest absolute Gasteiger partial charge is 0.496 e. The van der Waals surface area contributed by atoms with Crippen LogP contribution in [0.5, 0.6) is 5.75 Å². The van der Waals surface area contributed by atoms with Crippen LogP contribution in [-0.2, 0) is 11.2 Å². The minimum absolute atomic E-state index is 0.137. The lowest BCUT2D eigenvalue weighted by Gasteiger charge is -2.23. The van der Waals surface area contributed by atoms with Crippen LogP contribution in [0.2, 0.25) is 0 Å². The molecule has 19 heavy (non-hydrogen) atoms. The minimum Gasteiger partial charge on any atom is -0.496 e. The van der Waals surface area contributed by atoms with Crippen molar-refractivity contribution in [3.05, 3.63) is 29.3 Å². The maximum absolute atomic E-state index is 11.7. The number of carbonyl (C=O) groups excluding carboxylic acids is 1. The van der Waals surface area contributed by atoms with Crippen LogP contribution in [0.1, 0.15) is 30.5 Å². The number of nitrogens with zero attached hydrogens (tertiary/aromatic N) is 1. The molecule has 1 unspecified atom stereocenters. The Labute approximate surface area is 114 Å². The van der Waals surface area contributed by atoms with Gasteiger partial charge in [-0.3, -0.25) is 4.79 Å². The van der Waals surface area contributed by atoms with Crippen LogP contribution in [0.4, 0.5) is 0 Å². The van der Waals surface area contributed by atoms with E-state index in [1.165, 1.54) is 5.56 Å². The maximum atomic E-state index is 11.7. The van der Waals surface area contributed by atoms with E-state index in [1.807, 2.05) is 13.1 Å². The minimum atomic E-state index is 0.137. The highest BCUT2D eigenvalue weighted by Crippen LogP contribution is 2.28. The van der Waals surface area contributed by atoms with E-state index in [0.717, 1.165) is 17.7 Å². The number of hydrogen-bond acceptors (Lipinski definition) is 3. The highest BCUT2D eigenvalue weighted by atomic mass is 16.5. The van der Waals surface area contributed by atoms with Crippen LogP contribution in [0.25, 0.3) is 0 Å². The van der Waals surface area contributed by atoms with Crippen LogP contribution in [0.3, 0.4) is 0 Å². The van der Waals surface area contributed by atoms with Crippen LogP contribution in [0, 0.1) is 0 Å². The van der Waals surface area contributed by atoms with Crippen LogP contribution in [-0.4, -0.2) is 38.1 Å². The Morgan fingerprint density at radius 1 is 1.47 bits per heavy atom. The fourth-order valence-electron chi connectivity index (χ4n) is 2.47. The van der Waals surface area contributed by atoms with Crippen molar-refractivity contribution in [3.63, 3.8) is 0 Å². The van der Waals surface area contributed by atoms with Crippen molar-refractivity contribution in [1.29, 1.82) is 0 Å². The number of amides is 1. The van der Waals surface area contributed by atoms with Gasteiger partial charge in [0, 0.05) is 32.1 Å². The number of rotatable bonds is 3.